The van der Waals surface area contributed by atoms with Crippen molar-refractivity contribution in [2.45, 2.75) is 19.4 Å². The average Bonchev–Trinajstić information content (AvgIpc) is 3.52. The van der Waals surface area contributed by atoms with Gasteiger partial charge in [0, 0.05) is 30.8 Å². The number of benzene rings is 3. The lowest BCUT2D eigenvalue weighted by Crippen LogP contribution is -2.25. The SMILES string of the molecule is O=C(NO)c1ccc(CNc2cccc3nc(CCCNc4ncnc5[nH]cnc45)n(-c4ccccc4)c(=O)c23)cc1. The summed E-state index contributed by atoms with van der Waals surface area (Å²) in [7, 11) is 0. The number of hydroxylamine groups is 1. The van der Waals surface area contributed by atoms with Crippen molar-refractivity contribution < 1.29 is 10.0 Å². The molecule has 0 aliphatic heterocycles. The van der Waals surface area contributed by atoms with Gasteiger partial charge in [-0.3, -0.25) is 19.4 Å². The van der Waals surface area contributed by atoms with Gasteiger partial charge in [0.15, 0.2) is 11.5 Å². The van der Waals surface area contributed by atoms with Crippen LogP contribution in [-0.4, -0.2) is 47.1 Å². The number of nitrogens with zero attached hydrogens (tertiary/aromatic N) is 5. The number of imidazole rings is 1. The minimum atomic E-state index is -0.577. The first-order valence-corrected chi connectivity index (χ1v) is 13.4. The minimum Gasteiger partial charge on any atom is -0.380 e. The summed E-state index contributed by atoms with van der Waals surface area (Å²) in [5.74, 6) is 0.727. The summed E-state index contributed by atoms with van der Waals surface area (Å²) in [4.78, 5) is 46.4. The van der Waals surface area contributed by atoms with Crippen molar-refractivity contribution in [3.63, 3.8) is 0 Å². The average molecular weight is 562 g/mol. The van der Waals surface area contributed by atoms with Crippen LogP contribution >= 0.6 is 0 Å². The molecule has 0 saturated heterocycles. The van der Waals surface area contributed by atoms with Crippen molar-refractivity contribution in [1.82, 2.24) is 35.0 Å². The molecule has 12 heteroatoms. The number of aromatic nitrogens is 6. The summed E-state index contributed by atoms with van der Waals surface area (Å²) >= 11 is 0. The summed E-state index contributed by atoms with van der Waals surface area (Å²) in [5, 5.41) is 16.0. The van der Waals surface area contributed by atoms with Crippen LogP contribution in [0, 0.1) is 0 Å². The first-order valence-electron chi connectivity index (χ1n) is 13.4. The van der Waals surface area contributed by atoms with E-state index in [0.29, 0.717) is 70.9 Å². The second-order valence-electron chi connectivity index (χ2n) is 9.55. The second kappa shape index (κ2) is 11.9. The zero-order valence-electron chi connectivity index (χ0n) is 22.4. The molecular formula is C30H27N9O3. The number of carbonyl (C=O) groups is 1. The van der Waals surface area contributed by atoms with Gasteiger partial charge in [-0.05, 0) is 48.4 Å². The van der Waals surface area contributed by atoms with E-state index in [0.717, 1.165) is 11.3 Å². The summed E-state index contributed by atoms with van der Waals surface area (Å²) in [6.45, 7) is 1.02. The number of carbonyl (C=O) groups excluding carboxylic acids is 1. The number of amides is 1. The smallest absolute Gasteiger partial charge is 0.274 e. The van der Waals surface area contributed by atoms with Gasteiger partial charge in [-0.2, -0.15) is 0 Å². The van der Waals surface area contributed by atoms with Crippen LogP contribution in [0.15, 0.2) is 90.2 Å². The summed E-state index contributed by atoms with van der Waals surface area (Å²) in [6.07, 6.45) is 4.31. The number of fused-ring (bicyclic) bond motifs is 2. The highest BCUT2D eigenvalue weighted by Crippen LogP contribution is 2.22. The number of aromatic amines is 1. The fraction of sp³-hybridized carbons (Fsp3) is 0.133. The Morgan fingerprint density at radius 2 is 1.76 bits per heavy atom. The Morgan fingerprint density at radius 1 is 0.929 bits per heavy atom. The molecule has 0 radical (unpaired) electrons. The summed E-state index contributed by atoms with van der Waals surface area (Å²) < 4.78 is 1.67. The van der Waals surface area contributed by atoms with Crippen LogP contribution in [0.4, 0.5) is 11.5 Å². The molecule has 6 aromatic rings. The predicted molar refractivity (Wildman–Crippen MR) is 159 cm³/mol. The fourth-order valence-corrected chi connectivity index (χ4v) is 4.82. The van der Waals surface area contributed by atoms with Crippen molar-refractivity contribution in [1.29, 1.82) is 0 Å². The van der Waals surface area contributed by atoms with E-state index in [1.165, 1.54) is 6.33 Å². The Hall–Kier alpha value is -5.62. The van der Waals surface area contributed by atoms with E-state index in [2.05, 4.69) is 30.6 Å². The molecule has 0 atom stereocenters. The van der Waals surface area contributed by atoms with Crippen molar-refractivity contribution >= 4 is 39.5 Å². The number of hydrogen-bond acceptors (Lipinski definition) is 9. The monoisotopic (exact) mass is 561 g/mol. The van der Waals surface area contributed by atoms with Crippen molar-refractivity contribution in [3.8, 4) is 5.69 Å². The molecule has 1 amide bonds. The number of nitrogens with one attached hydrogen (secondary N) is 4. The number of hydrogen-bond donors (Lipinski definition) is 5. The van der Waals surface area contributed by atoms with Crippen LogP contribution in [0.25, 0.3) is 27.8 Å². The van der Waals surface area contributed by atoms with Crippen LogP contribution in [0.1, 0.15) is 28.2 Å². The number of H-pyrrole nitrogens is 1. The third kappa shape index (κ3) is 5.38. The molecule has 0 bridgehead atoms. The molecule has 0 unspecified atom stereocenters. The zero-order valence-corrected chi connectivity index (χ0v) is 22.4. The van der Waals surface area contributed by atoms with Gasteiger partial charge < -0.3 is 15.6 Å². The molecule has 3 aromatic heterocycles. The molecule has 5 N–H and O–H groups in total. The van der Waals surface area contributed by atoms with E-state index in [9.17, 15) is 9.59 Å². The first kappa shape index (κ1) is 26.6. The van der Waals surface area contributed by atoms with E-state index < -0.39 is 5.91 Å². The van der Waals surface area contributed by atoms with Gasteiger partial charge in [0.25, 0.3) is 11.5 Å². The number of rotatable bonds is 10. The largest absolute Gasteiger partial charge is 0.380 e. The fourth-order valence-electron chi connectivity index (χ4n) is 4.82. The molecular weight excluding hydrogens is 534 g/mol. The normalized spacial score (nSPS) is 11.1. The van der Waals surface area contributed by atoms with Gasteiger partial charge in [-0.1, -0.05) is 36.4 Å². The van der Waals surface area contributed by atoms with Crippen molar-refractivity contribution in [2.24, 2.45) is 0 Å². The highest BCUT2D eigenvalue weighted by atomic mass is 16.5. The highest BCUT2D eigenvalue weighted by Gasteiger charge is 2.16. The Kier molecular flexibility index (Phi) is 7.51. The van der Waals surface area contributed by atoms with Crippen molar-refractivity contribution in [2.75, 3.05) is 17.2 Å². The van der Waals surface area contributed by atoms with Gasteiger partial charge >= 0.3 is 0 Å². The van der Waals surface area contributed by atoms with Gasteiger partial charge in [-0.15, -0.1) is 0 Å². The third-order valence-electron chi connectivity index (χ3n) is 6.87. The number of aryl methyl sites for hydroxylation is 1. The lowest BCUT2D eigenvalue weighted by molar-refractivity contribution is 0.0706. The molecule has 12 nitrogen and oxygen atoms in total. The molecule has 3 aromatic carbocycles. The molecule has 6 rings (SSSR count). The van der Waals surface area contributed by atoms with E-state index in [4.69, 9.17) is 10.2 Å². The van der Waals surface area contributed by atoms with Crippen molar-refractivity contribution in [3.05, 3.63) is 113 Å². The molecule has 210 valence electrons. The van der Waals surface area contributed by atoms with E-state index in [1.807, 2.05) is 48.5 Å². The summed E-state index contributed by atoms with van der Waals surface area (Å²) in [5.41, 5.74) is 6.04. The molecule has 0 fully saturated rings. The van der Waals surface area contributed by atoms with Crippen LogP contribution in [0.5, 0.6) is 0 Å². The predicted octanol–water partition coefficient (Wildman–Crippen LogP) is 3.83. The maximum atomic E-state index is 14.1. The summed E-state index contributed by atoms with van der Waals surface area (Å²) in [6, 6.07) is 21.9. The molecule has 0 aliphatic rings. The van der Waals surface area contributed by atoms with E-state index >= 15 is 0 Å². The Morgan fingerprint density at radius 3 is 2.57 bits per heavy atom. The third-order valence-corrected chi connectivity index (χ3v) is 6.87. The van der Waals surface area contributed by atoms with E-state index in [1.54, 1.807) is 40.6 Å². The van der Waals surface area contributed by atoms with Crippen LogP contribution in [-0.2, 0) is 13.0 Å². The van der Waals surface area contributed by atoms with Crippen LogP contribution in [0.3, 0.4) is 0 Å². The number of anilines is 2. The topological polar surface area (TPSA) is 163 Å². The maximum Gasteiger partial charge on any atom is 0.274 e. The molecule has 0 aliphatic carbocycles. The first-order chi connectivity index (χ1) is 20.6. The second-order valence-corrected chi connectivity index (χ2v) is 9.55. The van der Waals surface area contributed by atoms with Crippen LogP contribution < -0.4 is 21.7 Å². The Bertz CT molecular complexity index is 1920. The molecule has 42 heavy (non-hydrogen) atoms. The molecule has 0 saturated carbocycles. The van der Waals surface area contributed by atoms with Gasteiger partial charge in [0.05, 0.1) is 22.9 Å². The minimum absolute atomic E-state index is 0.166. The van der Waals surface area contributed by atoms with Gasteiger partial charge in [0.2, 0.25) is 0 Å². The van der Waals surface area contributed by atoms with Gasteiger partial charge in [0.1, 0.15) is 17.7 Å². The molecule has 3 heterocycles. The Balaban J connectivity index is 1.27. The lowest BCUT2D eigenvalue weighted by Gasteiger charge is -2.16. The standard InChI is InChI=1S/C30H27N9O3/c40-29(38-42)20-13-11-19(12-14-20)16-32-22-8-4-9-23-25(22)30(41)39(21-6-2-1-3-7-21)24(37-23)10-5-15-31-27-26-28(34-17-33-26)36-18-35-27/h1-4,6-9,11-14,17-18,32,42H,5,10,15-16H2,(H,38,40)(H2,31,33,34,35,36). The van der Waals surface area contributed by atoms with E-state index in [-0.39, 0.29) is 5.56 Å². The maximum absolute atomic E-state index is 14.1. The quantitative estimate of drug-likeness (QED) is 0.0950. The molecule has 0 spiro atoms. The van der Waals surface area contributed by atoms with Gasteiger partial charge in [-0.25, -0.2) is 25.4 Å². The Labute approximate surface area is 239 Å². The van der Waals surface area contributed by atoms with Crippen LogP contribution in [0.2, 0.25) is 0 Å². The number of para-hydroxylation sites is 1. The zero-order chi connectivity index (χ0) is 28.9. The lowest BCUT2D eigenvalue weighted by atomic mass is 10.1. The highest BCUT2D eigenvalue weighted by molar-refractivity contribution is 5.93.